The van der Waals surface area contributed by atoms with Crippen molar-refractivity contribution in [1.29, 1.82) is 0 Å². The van der Waals surface area contributed by atoms with Crippen LogP contribution < -0.4 is 5.32 Å². The summed E-state index contributed by atoms with van der Waals surface area (Å²) < 4.78 is 0. The number of benzene rings is 1. The van der Waals surface area contributed by atoms with Crippen molar-refractivity contribution in [2.24, 2.45) is 0 Å². The van der Waals surface area contributed by atoms with Gasteiger partial charge in [-0.25, -0.2) is 0 Å². The maximum atomic E-state index is 11.1. The molecule has 0 aliphatic carbocycles. The Bertz CT molecular complexity index is 373. The van der Waals surface area contributed by atoms with E-state index in [1.165, 1.54) is 5.56 Å². The lowest BCUT2D eigenvalue weighted by Gasteiger charge is -2.14. The molecule has 18 heavy (non-hydrogen) atoms. The van der Waals surface area contributed by atoms with Gasteiger partial charge in [-0.15, -0.1) is 0 Å². The van der Waals surface area contributed by atoms with E-state index in [0.717, 1.165) is 12.0 Å². The van der Waals surface area contributed by atoms with Gasteiger partial charge in [0.15, 0.2) is 0 Å². The fourth-order valence-electron chi connectivity index (χ4n) is 1.74. The normalized spacial score (nSPS) is 14.0. The minimum Gasteiger partial charge on any atom is -0.387 e. The third-order valence-corrected chi connectivity index (χ3v) is 3.32. The predicted octanol–water partition coefficient (Wildman–Crippen LogP) is 2.76. The molecule has 100 valence electrons. The Morgan fingerprint density at radius 1 is 1.22 bits per heavy atom. The highest BCUT2D eigenvalue weighted by Crippen LogP contribution is 2.21. The summed E-state index contributed by atoms with van der Waals surface area (Å²) >= 11 is 0. The molecule has 0 saturated heterocycles. The summed E-state index contributed by atoms with van der Waals surface area (Å²) in [6, 6.07) is 7.97. The summed E-state index contributed by atoms with van der Waals surface area (Å²) in [6.45, 7) is 6.42. The van der Waals surface area contributed by atoms with Gasteiger partial charge in [0.05, 0.1) is 6.10 Å². The molecule has 2 N–H and O–H groups in total. The second-order valence-corrected chi connectivity index (χ2v) is 4.65. The molecule has 0 radical (unpaired) electrons. The lowest BCUT2D eigenvalue weighted by Crippen LogP contribution is -2.27. The average molecular weight is 249 g/mol. The molecule has 0 aliphatic heterocycles. The van der Waals surface area contributed by atoms with Gasteiger partial charge in [0.2, 0.25) is 5.91 Å². The molecule has 3 heteroatoms. The Labute approximate surface area is 109 Å². The van der Waals surface area contributed by atoms with Gasteiger partial charge in [-0.1, -0.05) is 45.0 Å². The van der Waals surface area contributed by atoms with Gasteiger partial charge >= 0.3 is 0 Å². The fourth-order valence-corrected chi connectivity index (χ4v) is 1.74. The minimum atomic E-state index is -0.633. The molecule has 1 rings (SSSR count). The lowest BCUT2D eigenvalue weighted by atomic mass is 9.96. The quantitative estimate of drug-likeness (QED) is 0.814. The van der Waals surface area contributed by atoms with Crippen LogP contribution in [0.3, 0.4) is 0 Å². The Balaban J connectivity index is 2.58. The highest BCUT2D eigenvalue weighted by atomic mass is 16.3. The zero-order chi connectivity index (χ0) is 13.5. The molecular weight excluding hydrogens is 226 g/mol. The first-order valence-electron chi connectivity index (χ1n) is 6.63. The van der Waals surface area contributed by atoms with Gasteiger partial charge in [-0.05, 0) is 23.5 Å². The van der Waals surface area contributed by atoms with Crippen LogP contribution in [0.4, 0.5) is 0 Å². The van der Waals surface area contributed by atoms with Crippen LogP contribution in [0.1, 0.15) is 56.8 Å². The topological polar surface area (TPSA) is 49.3 Å². The monoisotopic (exact) mass is 249 g/mol. The summed E-state index contributed by atoms with van der Waals surface area (Å²) in [6.07, 6.45) is 0.917. The standard InChI is InChI=1S/C15H23NO2/c1-4-11(3)12-6-8-13(9-7-12)14(17)10-16-15(18)5-2/h6-9,11,14,17H,4-5,10H2,1-3H3,(H,16,18). The van der Waals surface area contributed by atoms with Crippen LogP contribution in [0.5, 0.6) is 0 Å². The van der Waals surface area contributed by atoms with E-state index in [1.54, 1.807) is 6.92 Å². The summed E-state index contributed by atoms with van der Waals surface area (Å²) in [5.41, 5.74) is 2.13. The van der Waals surface area contributed by atoms with E-state index in [9.17, 15) is 9.90 Å². The number of aliphatic hydroxyl groups excluding tert-OH is 1. The molecule has 0 aliphatic rings. The van der Waals surface area contributed by atoms with Gasteiger partial charge < -0.3 is 10.4 Å². The summed E-state index contributed by atoms with van der Waals surface area (Å²) in [5.74, 6) is 0.501. The van der Waals surface area contributed by atoms with E-state index in [-0.39, 0.29) is 12.5 Å². The number of hydrogen-bond acceptors (Lipinski definition) is 2. The second-order valence-electron chi connectivity index (χ2n) is 4.65. The van der Waals surface area contributed by atoms with Crippen molar-refractivity contribution in [3.05, 3.63) is 35.4 Å². The Hall–Kier alpha value is -1.35. The van der Waals surface area contributed by atoms with Crippen LogP contribution in [-0.2, 0) is 4.79 Å². The van der Waals surface area contributed by atoms with E-state index >= 15 is 0 Å². The molecule has 1 aromatic carbocycles. The number of amides is 1. The van der Waals surface area contributed by atoms with E-state index in [4.69, 9.17) is 0 Å². The Morgan fingerprint density at radius 3 is 2.28 bits per heavy atom. The molecule has 0 fully saturated rings. The zero-order valence-electron chi connectivity index (χ0n) is 11.4. The van der Waals surface area contributed by atoms with E-state index in [0.29, 0.717) is 12.3 Å². The van der Waals surface area contributed by atoms with Gasteiger partial charge in [-0.3, -0.25) is 4.79 Å². The summed E-state index contributed by atoms with van der Waals surface area (Å²) in [4.78, 5) is 11.1. The Kier molecular flexibility index (Phi) is 5.86. The summed E-state index contributed by atoms with van der Waals surface area (Å²) in [7, 11) is 0. The van der Waals surface area contributed by atoms with Crippen LogP contribution in [-0.4, -0.2) is 17.6 Å². The molecule has 1 amide bonds. The number of nitrogens with one attached hydrogen (secondary N) is 1. The van der Waals surface area contributed by atoms with Crippen LogP contribution >= 0.6 is 0 Å². The predicted molar refractivity (Wildman–Crippen MR) is 73.4 cm³/mol. The minimum absolute atomic E-state index is 0.0368. The zero-order valence-corrected chi connectivity index (χ0v) is 11.4. The van der Waals surface area contributed by atoms with Crippen LogP contribution in [0.15, 0.2) is 24.3 Å². The molecule has 3 nitrogen and oxygen atoms in total. The van der Waals surface area contributed by atoms with Gasteiger partial charge in [-0.2, -0.15) is 0 Å². The maximum Gasteiger partial charge on any atom is 0.219 e. The van der Waals surface area contributed by atoms with Gasteiger partial charge in [0.25, 0.3) is 0 Å². The number of carbonyl (C=O) groups is 1. The number of carbonyl (C=O) groups excluding carboxylic acids is 1. The second kappa shape index (κ2) is 7.17. The number of aliphatic hydroxyl groups is 1. The average Bonchev–Trinajstić information content (AvgIpc) is 2.43. The Morgan fingerprint density at radius 2 is 1.78 bits per heavy atom. The molecular formula is C15H23NO2. The molecule has 0 bridgehead atoms. The number of hydrogen-bond donors (Lipinski definition) is 2. The van der Waals surface area contributed by atoms with Crippen molar-refractivity contribution in [3.8, 4) is 0 Å². The first kappa shape index (κ1) is 14.7. The van der Waals surface area contributed by atoms with Crippen molar-refractivity contribution < 1.29 is 9.90 Å². The molecule has 0 saturated carbocycles. The SMILES string of the molecule is CCC(=O)NCC(O)c1ccc(C(C)CC)cc1. The van der Waals surface area contributed by atoms with Gasteiger partial charge in [0, 0.05) is 13.0 Å². The molecule has 0 aromatic heterocycles. The van der Waals surface area contributed by atoms with Crippen molar-refractivity contribution in [1.82, 2.24) is 5.32 Å². The van der Waals surface area contributed by atoms with Crippen molar-refractivity contribution in [2.45, 2.75) is 45.6 Å². The van der Waals surface area contributed by atoms with Crippen molar-refractivity contribution in [3.63, 3.8) is 0 Å². The van der Waals surface area contributed by atoms with E-state index < -0.39 is 6.10 Å². The highest BCUT2D eigenvalue weighted by molar-refractivity contribution is 5.75. The lowest BCUT2D eigenvalue weighted by molar-refractivity contribution is -0.121. The highest BCUT2D eigenvalue weighted by Gasteiger charge is 2.09. The van der Waals surface area contributed by atoms with E-state index in [1.807, 2.05) is 24.3 Å². The maximum absolute atomic E-state index is 11.1. The van der Waals surface area contributed by atoms with Crippen molar-refractivity contribution in [2.75, 3.05) is 6.54 Å². The largest absolute Gasteiger partial charge is 0.387 e. The van der Waals surface area contributed by atoms with Crippen LogP contribution in [0, 0.1) is 0 Å². The van der Waals surface area contributed by atoms with Crippen molar-refractivity contribution >= 4 is 5.91 Å². The van der Waals surface area contributed by atoms with Gasteiger partial charge in [0.1, 0.15) is 0 Å². The molecule has 2 atom stereocenters. The molecule has 2 unspecified atom stereocenters. The molecule has 0 heterocycles. The van der Waals surface area contributed by atoms with Crippen LogP contribution in [0.2, 0.25) is 0 Å². The molecule has 0 spiro atoms. The van der Waals surface area contributed by atoms with Crippen LogP contribution in [0.25, 0.3) is 0 Å². The first-order chi connectivity index (χ1) is 8.58. The fraction of sp³-hybridized carbons (Fsp3) is 0.533. The molecule has 1 aromatic rings. The summed E-state index contributed by atoms with van der Waals surface area (Å²) in [5, 5.41) is 12.6. The number of rotatable bonds is 6. The van der Waals surface area contributed by atoms with E-state index in [2.05, 4.69) is 19.2 Å². The third-order valence-electron chi connectivity index (χ3n) is 3.32. The smallest absolute Gasteiger partial charge is 0.219 e. The third kappa shape index (κ3) is 4.15. The first-order valence-corrected chi connectivity index (χ1v) is 6.63.